The van der Waals surface area contributed by atoms with Gasteiger partial charge in [-0.05, 0) is 25.2 Å². The standard InChI is InChI=1S/C9H17/c1-3-9(2)7-5-4-6-8-9/h2-8H2,1H3. The van der Waals surface area contributed by atoms with E-state index >= 15 is 0 Å². The van der Waals surface area contributed by atoms with Gasteiger partial charge in [0, 0.05) is 0 Å². The molecule has 0 N–H and O–H groups in total. The smallest absolute Gasteiger partial charge is 0.0300 e. The number of rotatable bonds is 1. The van der Waals surface area contributed by atoms with Gasteiger partial charge in [0.15, 0.2) is 0 Å². The van der Waals surface area contributed by atoms with Crippen molar-refractivity contribution in [1.29, 1.82) is 0 Å². The fraction of sp³-hybridized carbons (Fsp3) is 0.889. The predicted octanol–water partition coefficient (Wildman–Crippen LogP) is 3.18. The van der Waals surface area contributed by atoms with E-state index in [1.165, 1.54) is 38.5 Å². The average molecular weight is 125 g/mol. The van der Waals surface area contributed by atoms with Crippen LogP contribution in [0.3, 0.4) is 0 Å². The van der Waals surface area contributed by atoms with Crippen molar-refractivity contribution >= 4 is 0 Å². The molecule has 0 aliphatic heterocycles. The van der Waals surface area contributed by atoms with Crippen molar-refractivity contribution in [2.24, 2.45) is 5.41 Å². The minimum absolute atomic E-state index is 0.470. The number of hydrogen-bond donors (Lipinski definition) is 0. The van der Waals surface area contributed by atoms with E-state index in [0.717, 1.165) is 0 Å². The highest BCUT2D eigenvalue weighted by Crippen LogP contribution is 2.37. The minimum atomic E-state index is 0.470. The molecule has 1 fully saturated rings. The molecule has 0 heteroatoms. The van der Waals surface area contributed by atoms with Gasteiger partial charge in [0.2, 0.25) is 0 Å². The van der Waals surface area contributed by atoms with E-state index in [1.807, 2.05) is 0 Å². The first-order chi connectivity index (χ1) is 4.27. The highest BCUT2D eigenvalue weighted by Gasteiger charge is 2.23. The van der Waals surface area contributed by atoms with Crippen LogP contribution in [0.15, 0.2) is 0 Å². The van der Waals surface area contributed by atoms with Crippen LogP contribution in [0.4, 0.5) is 0 Å². The van der Waals surface area contributed by atoms with Gasteiger partial charge in [-0.15, -0.1) is 0 Å². The first kappa shape index (κ1) is 7.11. The van der Waals surface area contributed by atoms with E-state index in [0.29, 0.717) is 5.41 Å². The van der Waals surface area contributed by atoms with Crippen LogP contribution in [0.1, 0.15) is 45.4 Å². The lowest BCUT2D eigenvalue weighted by molar-refractivity contribution is 0.245. The Labute approximate surface area is 58.7 Å². The van der Waals surface area contributed by atoms with Gasteiger partial charge in [-0.25, -0.2) is 0 Å². The number of hydrogen-bond acceptors (Lipinski definition) is 0. The Morgan fingerprint density at radius 1 is 1.22 bits per heavy atom. The molecule has 1 rings (SSSR count). The Morgan fingerprint density at radius 2 is 1.78 bits per heavy atom. The van der Waals surface area contributed by atoms with Crippen LogP contribution in [-0.2, 0) is 0 Å². The van der Waals surface area contributed by atoms with Gasteiger partial charge in [0.05, 0.1) is 0 Å². The highest BCUT2D eigenvalue weighted by molar-refractivity contribution is 4.83. The largest absolute Gasteiger partial charge is 0.0649 e. The Kier molecular flexibility index (Phi) is 2.15. The van der Waals surface area contributed by atoms with Crippen molar-refractivity contribution in [1.82, 2.24) is 0 Å². The van der Waals surface area contributed by atoms with Gasteiger partial charge < -0.3 is 0 Å². The second kappa shape index (κ2) is 2.72. The summed E-state index contributed by atoms with van der Waals surface area (Å²) in [6.07, 6.45) is 8.27. The summed E-state index contributed by atoms with van der Waals surface area (Å²) in [6.45, 7) is 6.51. The maximum absolute atomic E-state index is 4.25. The van der Waals surface area contributed by atoms with E-state index in [9.17, 15) is 0 Å². The van der Waals surface area contributed by atoms with Gasteiger partial charge >= 0.3 is 0 Å². The molecule has 1 aliphatic carbocycles. The van der Waals surface area contributed by atoms with Gasteiger partial charge in [-0.3, -0.25) is 0 Å². The van der Waals surface area contributed by atoms with Crippen LogP contribution < -0.4 is 0 Å². The molecule has 0 atom stereocenters. The molecule has 0 saturated heterocycles. The monoisotopic (exact) mass is 125 g/mol. The lowest BCUT2D eigenvalue weighted by Crippen LogP contribution is -2.18. The van der Waals surface area contributed by atoms with Crippen molar-refractivity contribution in [3.8, 4) is 0 Å². The Morgan fingerprint density at radius 3 is 2.11 bits per heavy atom. The molecule has 0 amide bonds. The third-order valence-electron chi connectivity index (χ3n) is 2.66. The van der Waals surface area contributed by atoms with Crippen LogP contribution in [0, 0.1) is 12.3 Å². The van der Waals surface area contributed by atoms with Gasteiger partial charge in [0.25, 0.3) is 0 Å². The molecule has 1 radical (unpaired) electrons. The molecule has 0 unspecified atom stereocenters. The van der Waals surface area contributed by atoms with E-state index < -0.39 is 0 Å². The summed E-state index contributed by atoms with van der Waals surface area (Å²) in [4.78, 5) is 0. The summed E-state index contributed by atoms with van der Waals surface area (Å²) in [5.74, 6) is 0. The summed E-state index contributed by atoms with van der Waals surface area (Å²) in [5.41, 5.74) is 0.470. The van der Waals surface area contributed by atoms with Crippen molar-refractivity contribution in [3.05, 3.63) is 6.92 Å². The molecule has 0 bridgehead atoms. The fourth-order valence-corrected chi connectivity index (χ4v) is 1.66. The van der Waals surface area contributed by atoms with E-state index in [2.05, 4.69) is 13.8 Å². The first-order valence-corrected chi connectivity index (χ1v) is 4.12. The average Bonchev–Trinajstić information content (AvgIpc) is 1.90. The second-order valence-corrected chi connectivity index (χ2v) is 3.41. The van der Waals surface area contributed by atoms with Crippen LogP contribution in [0.5, 0.6) is 0 Å². The zero-order valence-corrected chi connectivity index (χ0v) is 6.45. The molecule has 0 nitrogen and oxygen atoms in total. The summed E-state index contributed by atoms with van der Waals surface area (Å²) >= 11 is 0. The van der Waals surface area contributed by atoms with Crippen molar-refractivity contribution in [2.75, 3.05) is 0 Å². The third kappa shape index (κ3) is 1.70. The molecule has 0 aromatic rings. The maximum Gasteiger partial charge on any atom is -0.0300 e. The molecule has 9 heavy (non-hydrogen) atoms. The maximum atomic E-state index is 4.25. The Hall–Kier alpha value is 0. The van der Waals surface area contributed by atoms with E-state index in [4.69, 9.17) is 0 Å². The quantitative estimate of drug-likeness (QED) is 0.505. The zero-order chi connectivity index (χ0) is 6.74. The fourth-order valence-electron chi connectivity index (χ4n) is 1.66. The van der Waals surface area contributed by atoms with E-state index in [-0.39, 0.29) is 0 Å². The lowest BCUT2D eigenvalue weighted by atomic mass is 9.74. The minimum Gasteiger partial charge on any atom is -0.0649 e. The molecule has 0 spiro atoms. The molecular weight excluding hydrogens is 108 g/mol. The van der Waals surface area contributed by atoms with Crippen molar-refractivity contribution in [2.45, 2.75) is 45.4 Å². The Bertz CT molecular complexity index is 78.0. The highest BCUT2D eigenvalue weighted by atomic mass is 14.3. The topological polar surface area (TPSA) is 0 Å². The second-order valence-electron chi connectivity index (χ2n) is 3.41. The first-order valence-electron chi connectivity index (χ1n) is 4.12. The summed E-state index contributed by atoms with van der Waals surface area (Å²) in [7, 11) is 0. The summed E-state index contributed by atoms with van der Waals surface area (Å²) < 4.78 is 0. The molecule has 0 aromatic heterocycles. The molecule has 53 valence electrons. The molecule has 1 aliphatic rings. The van der Waals surface area contributed by atoms with Crippen LogP contribution >= 0.6 is 0 Å². The SMILES string of the molecule is [CH2]C1(CC)CCCCC1. The summed E-state index contributed by atoms with van der Waals surface area (Å²) in [6, 6.07) is 0. The van der Waals surface area contributed by atoms with Gasteiger partial charge in [-0.1, -0.05) is 32.6 Å². The predicted molar refractivity (Wildman–Crippen MR) is 41.2 cm³/mol. The zero-order valence-electron chi connectivity index (χ0n) is 6.45. The Balaban J connectivity index is 2.37. The molecular formula is C9H17. The normalized spacial score (nSPS) is 26.0. The molecule has 1 saturated carbocycles. The summed E-state index contributed by atoms with van der Waals surface area (Å²) in [5, 5.41) is 0. The molecule has 0 aromatic carbocycles. The van der Waals surface area contributed by atoms with Crippen molar-refractivity contribution in [3.63, 3.8) is 0 Å². The van der Waals surface area contributed by atoms with Crippen LogP contribution in [0.2, 0.25) is 0 Å². The molecule has 0 heterocycles. The van der Waals surface area contributed by atoms with E-state index in [1.54, 1.807) is 0 Å². The van der Waals surface area contributed by atoms with Gasteiger partial charge in [0.1, 0.15) is 0 Å². The van der Waals surface area contributed by atoms with Crippen molar-refractivity contribution < 1.29 is 0 Å². The van der Waals surface area contributed by atoms with Crippen LogP contribution in [-0.4, -0.2) is 0 Å². The lowest BCUT2D eigenvalue weighted by Gasteiger charge is -2.31. The van der Waals surface area contributed by atoms with Gasteiger partial charge in [-0.2, -0.15) is 0 Å². The van der Waals surface area contributed by atoms with Crippen LogP contribution in [0.25, 0.3) is 0 Å². The third-order valence-corrected chi connectivity index (χ3v) is 2.66.